The van der Waals surface area contributed by atoms with Gasteiger partial charge in [-0.25, -0.2) is 0 Å². The van der Waals surface area contributed by atoms with Gasteiger partial charge in [0, 0.05) is 5.92 Å². The summed E-state index contributed by atoms with van der Waals surface area (Å²) in [6.45, 7) is 2.02. The Balaban J connectivity index is 1.96. The molecule has 20 heavy (non-hydrogen) atoms. The van der Waals surface area contributed by atoms with E-state index in [-0.39, 0.29) is 12.0 Å². The molecular formula is C18H19NO. The number of oxime groups is 1. The summed E-state index contributed by atoms with van der Waals surface area (Å²) in [7, 11) is 0. The van der Waals surface area contributed by atoms with Crippen molar-refractivity contribution in [3.8, 4) is 0 Å². The van der Waals surface area contributed by atoms with E-state index in [0.717, 1.165) is 18.6 Å². The van der Waals surface area contributed by atoms with Gasteiger partial charge in [0.05, 0.1) is 5.71 Å². The second kappa shape index (κ2) is 5.91. The zero-order valence-corrected chi connectivity index (χ0v) is 11.7. The highest BCUT2D eigenvalue weighted by atomic mass is 16.6. The van der Waals surface area contributed by atoms with Crippen molar-refractivity contribution >= 4 is 5.71 Å². The first-order chi connectivity index (χ1) is 9.84. The van der Waals surface area contributed by atoms with Crippen LogP contribution in [0.5, 0.6) is 0 Å². The lowest BCUT2D eigenvalue weighted by Gasteiger charge is -2.29. The van der Waals surface area contributed by atoms with E-state index in [1.165, 1.54) is 11.1 Å². The van der Waals surface area contributed by atoms with Crippen LogP contribution in [0, 0.1) is 0 Å². The Kier molecular flexibility index (Phi) is 3.82. The number of hydrogen-bond donors (Lipinski definition) is 0. The Morgan fingerprint density at radius 1 is 0.950 bits per heavy atom. The van der Waals surface area contributed by atoms with Gasteiger partial charge < -0.3 is 4.84 Å². The first kappa shape index (κ1) is 12.9. The lowest BCUT2D eigenvalue weighted by atomic mass is 9.84. The van der Waals surface area contributed by atoms with Crippen LogP contribution < -0.4 is 0 Å². The first-order valence-corrected chi connectivity index (χ1v) is 7.14. The maximum atomic E-state index is 5.75. The minimum Gasteiger partial charge on any atom is -0.392 e. The molecule has 0 aliphatic carbocycles. The van der Waals surface area contributed by atoms with Crippen LogP contribution in [0.15, 0.2) is 65.8 Å². The second-order valence-electron chi connectivity index (χ2n) is 5.31. The highest BCUT2D eigenvalue weighted by Gasteiger charge is 2.28. The van der Waals surface area contributed by atoms with E-state index in [4.69, 9.17) is 4.84 Å². The van der Waals surface area contributed by atoms with Gasteiger partial charge in [0.1, 0.15) is 6.10 Å². The Labute approximate surface area is 120 Å². The molecule has 2 aromatic rings. The van der Waals surface area contributed by atoms with Gasteiger partial charge in [-0.05, 0) is 30.9 Å². The molecule has 0 radical (unpaired) electrons. The van der Waals surface area contributed by atoms with Crippen LogP contribution in [0.2, 0.25) is 0 Å². The number of rotatable bonds is 3. The second-order valence-corrected chi connectivity index (χ2v) is 5.31. The molecule has 2 aromatic carbocycles. The average Bonchev–Trinajstić information content (AvgIpc) is 2.52. The molecule has 1 aliphatic rings. The first-order valence-electron chi connectivity index (χ1n) is 7.14. The molecule has 102 valence electrons. The van der Waals surface area contributed by atoms with E-state index in [9.17, 15) is 0 Å². The molecule has 0 spiro atoms. The van der Waals surface area contributed by atoms with Crippen LogP contribution >= 0.6 is 0 Å². The van der Waals surface area contributed by atoms with E-state index in [2.05, 4.69) is 65.8 Å². The van der Waals surface area contributed by atoms with Crippen molar-refractivity contribution in [1.29, 1.82) is 0 Å². The third-order valence-corrected chi connectivity index (χ3v) is 3.82. The van der Waals surface area contributed by atoms with Crippen molar-refractivity contribution in [3.05, 3.63) is 71.8 Å². The maximum absolute atomic E-state index is 5.75. The van der Waals surface area contributed by atoms with E-state index >= 15 is 0 Å². The molecule has 0 fully saturated rings. The predicted octanol–water partition coefficient (Wildman–Crippen LogP) is 4.37. The number of benzene rings is 2. The van der Waals surface area contributed by atoms with Crippen molar-refractivity contribution in [2.45, 2.75) is 31.8 Å². The van der Waals surface area contributed by atoms with Gasteiger partial charge in [0.25, 0.3) is 0 Å². The Morgan fingerprint density at radius 3 is 1.95 bits per heavy atom. The zero-order chi connectivity index (χ0) is 13.8. The lowest BCUT2D eigenvalue weighted by Crippen LogP contribution is -2.26. The quantitative estimate of drug-likeness (QED) is 0.807. The van der Waals surface area contributed by atoms with Gasteiger partial charge in [-0.2, -0.15) is 0 Å². The van der Waals surface area contributed by atoms with Gasteiger partial charge in [-0.1, -0.05) is 65.8 Å². The summed E-state index contributed by atoms with van der Waals surface area (Å²) >= 11 is 0. The van der Waals surface area contributed by atoms with E-state index < -0.39 is 0 Å². The molecule has 2 heteroatoms. The highest BCUT2D eigenvalue weighted by molar-refractivity contribution is 5.81. The van der Waals surface area contributed by atoms with E-state index in [0.29, 0.717) is 0 Å². The fourth-order valence-corrected chi connectivity index (χ4v) is 2.78. The summed E-state index contributed by atoms with van der Waals surface area (Å²) in [6, 6.07) is 21.1. The fraction of sp³-hybridized carbons (Fsp3) is 0.278. The lowest BCUT2D eigenvalue weighted by molar-refractivity contribution is 0.0323. The Bertz CT molecular complexity index is 537. The molecule has 1 atom stereocenters. The summed E-state index contributed by atoms with van der Waals surface area (Å²) < 4.78 is 0. The number of nitrogens with zero attached hydrogens (tertiary/aromatic N) is 1. The Hall–Kier alpha value is -2.09. The highest BCUT2D eigenvalue weighted by Crippen LogP contribution is 2.33. The number of hydrogen-bond acceptors (Lipinski definition) is 2. The SMILES string of the molecule is CC1=NOC(C(c2ccccc2)c2ccccc2)CC1. The van der Waals surface area contributed by atoms with Gasteiger partial charge in [0.2, 0.25) is 0 Å². The normalized spacial score (nSPS) is 18.5. The third kappa shape index (κ3) is 2.74. The summed E-state index contributed by atoms with van der Waals surface area (Å²) in [4.78, 5) is 5.75. The van der Waals surface area contributed by atoms with E-state index in [1.807, 2.05) is 6.92 Å². The van der Waals surface area contributed by atoms with Crippen molar-refractivity contribution in [3.63, 3.8) is 0 Å². The maximum Gasteiger partial charge on any atom is 0.138 e. The van der Waals surface area contributed by atoms with Crippen LogP contribution in [-0.2, 0) is 4.84 Å². The van der Waals surface area contributed by atoms with Crippen molar-refractivity contribution in [2.24, 2.45) is 5.16 Å². The Morgan fingerprint density at radius 2 is 1.50 bits per heavy atom. The molecule has 0 bridgehead atoms. The van der Waals surface area contributed by atoms with Gasteiger partial charge in [0.15, 0.2) is 0 Å². The fourth-order valence-electron chi connectivity index (χ4n) is 2.78. The van der Waals surface area contributed by atoms with Crippen molar-refractivity contribution < 1.29 is 4.84 Å². The van der Waals surface area contributed by atoms with Crippen LogP contribution in [0.1, 0.15) is 36.8 Å². The molecule has 0 saturated heterocycles. The average molecular weight is 265 g/mol. The molecule has 0 aromatic heterocycles. The monoisotopic (exact) mass is 265 g/mol. The summed E-state index contributed by atoms with van der Waals surface area (Å²) in [5, 5.41) is 4.20. The summed E-state index contributed by atoms with van der Waals surface area (Å²) in [6.07, 6.45) is 2.15. The van der Waals surface area contributed by atoms with Gasteiger partial charge >= 0.3 is 0 Å². The predicted molar refractivity (Wildman–Crippen MR) is 81.9 cm³/mol. The standard InChI is InChI=1S/C18H19NO/c1-14-12-13-17(20-19-14)18(15-8-4-2-5-9-15)16-10-6-3-7-11-16/h2-11,17-18H,12-13H2,1H3. The topological polar surface area (TPSA) is 21.6 Å². The van der Waals surface area contributed by atoms with Gasteiger partial charge in [-0.15, -0.1) is 0 Å². The molecule has 1 heterocycles. The minimum atomic E-state index is 0.114. The molecule has 0 amide bonds. The molecule has 0 N–H and O–H groups in total. The molecular weight excluding hydrogens is 246 g/mol. The molecule has 3 rings (SSSR count). The zero-order valence-electron chi connectivity index (χ0n) is 11.7. The summed E-state index contributed by atoms with van der Waals surface area (Å²) in [5.74, 6) is 0.245. The van der Waals surface area contributed by atoms with Crippen LogP contribution in [0.3, 0.4) is 0 Å². The molecule has 1 unspecified atom stereocenters. The molecule has 1 aliphatic heterocycles. The van der Waals surface area contributed by atoms with Gasteiger partial charge in [-0.3, -0.25) is 0 Å². The van der Waals surface area contributed by atoms with Crippen LogP contribution in [0.4, 0.5) is 0 Å². The van der Waals surface area contributed by atoms with E-state index in [1.54, 1.807) is 0 Å². The van der Waals surface area contributed by atoms with Crippen LogP contribution in [-0.4, -0.2) is 11.8 Å². The smallest absolute Gasteiger partial charge is 0.138 e. The largest absolute Gasteiger partial charge is 0.392 e. The third-order valence-electron chi connectivity index (χ3n) is 3.82. The van der Waals surface area contributed by atoms with Crippen molar-refractivity contribution in [2.75, 3.05) is 0 Å². The molecule has 2 nitrogen and oxygen atoms in total. The van der Waals surface area contributed by atoms with Crippen molar-refractivity contribution in [1.82, 2.24) is 0 Å². The van der Waals surface area contributed by atoms with Crippen LogP contribution in [0.25, 0.3) is 0 Å². The molecule has 0 saturated carbocycles. The minimum absolute atomic E-state index is 0.114. The summed E-state index contributed by atoms with van der Waals surface area (Å²) in [5.41, 5.74) is 3.66.